The van der Waals surface area contributed by atoms with Crippen LogP contribution in [-0.4, -0.2) is 42.2 Å². The third-order valence-corrected chi connectivity index (χ3v) is 6.41. The fraction of sp³-hybridized carbons (Fsp3) is 0.545. The Morgan fingerprint density at radius 1 is 1.40 bits per heavy atom. The number of nitrogens with zero attached hydrogens (tertiary/aromatic N) is 1. The van der Waals surface area contributed by atoms with Crippen molar-refractivity contribution in [2.24, 2.45) is 0 Å². The second-order valence-corrected chi connectivity index (χ2v) is 8.79. The van der Waals surface area contributed by atoms with Gasteiger partial charge >= 0.3 is 0 Å². The predicted octanol–water partition coefficient (Wildman–Crippen LogP) is 1.08. The van der Waals surface area contributed by atoms with Gasteiger partial charge in [0.1, 0.15) is 10.7 Å². The lowest BCUT2D eigenvalue weighted by molar-refractivity contribution is 0.522. The summed E-state index contributed by atoms with van der Waals surface area (Å²) >= 11 is 3.23. The molecule has 2 rings (SSSR count). The highest BCUT2D eigenvalue weighted by atomic mass is 79.9. The van der Waals surface area contributed by atoms with Gasteiger partial charge < -0.3 is 5.32 Å². The highest BCUT2D eigenvalue weighted by Gasteiger charge is 2.26. The average molecular weight is 382 g/mol. The first-order chi connectivity index (χ1) is 9.42. The van der Waals surface area contributed by atoms with Crippen LogP contribution in [-0.2, 0) is 20.8 Å². The summed E-state index contributed by atoms with van der Waals surface area (Å²) in [5, 5.41) is 2.77. The van der Waals surface area contributed by atoms with E-state index >= 15 is 0 Å². The molecule has 0 unspecified atom stereocenters. The first-order valence-electron chi connectivity index (χ1n) is 6.13. The molecule has 0 radical (unpaired) electrons. The zero-order chi connectivity index (χ0) is 14.8. The Kier molecular flexibility index (Phi) is 5.16. The van der Waals surface area contributed by atoms with E-state index in [1.807, 2.05) is 0 Å². The number of nitrogens with one attached hydrogen (secondary N) is 2. The first-order valence-corrected chi connectivity index (χ1v) is 9.89. The molecule has 2 N–H and O–H groups in total. The summed E-state index contributed by atoms with van der Waals surface area (Å²) in [6.07, 6.45) is 2.74. The van der Waals surface area contributed by atoms with Crippen molar-refractivity contribution >= 4 is 42.6 Å². The van der Waals surface area contributed by atoms with Crippen molar-refractivity contribution in [3.8, 4) is 0 Å². The van der Waals surface area contributed by atoms with Gasteiger partial charge in [-0.2, -0.15) is 0 Å². The Labute approximate surface area is 129 Å². The molecule has 0 saturated carbocycles. The van der Waals surface area contributed by atoms with E-state index in [0.29, 0.717) is 34.6 Å². The number of sulfonamides is 1. The van der Waals surface area contributed by atoms with Crippen LogP contribution in [0.15, 0.2) is 21.6 Å². The molecule has 0 amide bonds. The fourth-order valence-electron chi connectivity index (χ4n) is 2.01. The summed E-state index contributed by atoms with van der Waals surface area (Å²) in [7, 11) is -2.83. The topological polar surface area (TPSA) is 88.2 Å². The van der Waals surface area contributed by atoms with Crippen molar-refractivity contribution in [3.63, 3.8) is 0 Å². The number of anilines is 1. The quantitative estimate of drug-likeness (QED) is 0.814. The SMILES string of the molecule is CNc1ncc(Br)cc1S(=O)(=O)NC1CCS(=O)CC1. The van der Waals surface area contributed by atoms with E-state index in [-0.39, 0.29) is 10.9 Å². The zero-order valence-electron chi connectivity index (χ0n) is 10.9. The van der Waals surface area contributed by atoms with Crippen LogP contribution in [0.25, 0.3) is 0 Å². The van der Waals surface area contributed by atoms with Crippen LogP contribution in [0.3, 0.4) is 0 Å². The highest BCUT2D eigenvalue weighted by Crippen LogP contribution is 2.23. The number of aromatic nitrogens is 1. The van der Waals surface area contributed by atoms with Gasteiger partial charge in [-0.3, -0.25) is 4.21 Å². The Bertz CT molecular complexity index is 611. The first kappa shape index (κ1) is 15.9. The van der Waals surface area contributed by atoms with Crippen LogP contribution >= 0.6 is 15.9 Å². The van der Waals surface area contributed by atoms with Crippen molar-refractivity contribution in [3.05, 3.63) is 16.7 Å². The Hall–Kier alpha value is -0.510. The molecule has 1 aliphatic rings. The number of hydrogen-bond acceptors (Lipinski definition) is 5. The maximum atomic E-state index is 12.4. The van der Waals surface area contributed by atoms with Crippen molar-refractivity contribution < 1.29 is 12.6 Å². The summed E-state index contributed by atoms with van der Waals surface area (Å²) in [6, 6.07) is 1.35. The molecule has 0 aliphatic carbocycles. The van der Waals surface area contributed by atoms with Crippen LogP contribution in [0.4, 0.5) is 5.82 Å². The number of rotatable bonds is 4. The van der Waals surface area contributed by atoms with E-state index in [9.17, 15) is 12.6 Å². The van der Waals surface area contributed by atoms with Gasteiger partial charge in [-0.15, -0.1) is 0 Å². The summed E-state index contributed by atoms with van der Waals surface area (Å²) in [4.78, 5) is 4.15. The van der Waals surface area contributed by atoms with Gasteiger partial charge in [-0.05, 0) is 34.8 Å². The van der Waals surface area contributed by atoms with E-state index in [1.54, 1.807) is 7.05 Å². The van der Waals surface area contributed by atoms with Crippen LogP contribution < -0.4 is 10.0 Å². The fourth-order valence-corrected chi connectivity index (χ4v) is 5.28. The lowest BCUT2D eigenvalue weighted by atomic mass is 10.2. The van der Waals surface area contributed by atoms with Crippen LogP contribution in [0, 0.1) is 0 Å². The second-order valence-electron chi connectivity index (χ2n) is 4.49. The van der Waals surface area contributed by atoms with Crippen LogP contribution in [0.2, 0.25) is 0 Å². The van der Waals surface area contributed by atoms with Crippen molar-refractivity contribution in [2.45, 2.75) is 23.8 Å². The molecule has 0 spiro atoms. The van der Waals surface area contributed by atoms with Crippen molar-refractivity contribution in [1.82, 2.24) is 9.71 Å². The van der Waals surface area contributed by atoms with Crippen molar-refractivity contribution in [1.29, 1.82) is 0 Å². The molecule has 2 heterocycles. The molecule has 1 aliphatic heterocycles. The minimum absolute atomic E-state index is 0.112. The molecule has 9 heteroatoms. The number of halogens is 1. The largest absolute Gasteiger partial charge is 0.372 e. The molecule has 112 valence electrons. The van der Waals surface area contributed by atoms with Crippen LogP contribution in [0.1, 0.15) is 12.8 Å². The van der Waals surface area contributed by atoms with Gasteiger partial charge in [-0.1, -0.05) is 0 Å². The second kappa shape index (κ2) is 6.50. The summed E-state index contributed by atoms with van der Waals surface area (Å²) < 4.78 is 39.4. The summed E-state index contributed by atoms with van der Waals surface area (Å²) in [5.41, 5.74) is 0. The third-order valence-electron chi connectivity index (χ3n) is 3.06. The maximum Gasteiger partial charge on any atom is 0.244 e. The number of hydrogen-bond donors (Lipinski definition) is 2. The van der Waals surface area contributed by atoms with Gasteiger partial charge in [0.15, 0.2) is 0 Å². The smallest absolute Gasteiger partial charge is 0.244 e. The maximum absolute atomic E-state index is 12.4. The van der Waals surface area contributed by atoms with E-state index in [2.05, 4.69) is 31.0 Å². The minimum atomic E-state index is -3.65. The Morgan fingerprint density at radius 2 is 2.05 bits per heavy atom. The van der Waals surface area contributed by atoms with E-state index < -0.39 is 20.8 Å². The monoisotopic (exact) mass is 381 g/mol. The Morgan fingerprint density at radius 3 is 2.65 bits per heavy atom. The lowest BCUT2D eigenvalue weighted by Crippen LogP contribution is -2.39. The lowest BCUT2D eigenvalue weighted by Gasteiger charge is -2.22. The molecule has 0 atom stereocenters. The molecule has 1 fully saturated rings. The van der Waals surface area contributed by atoms with Gasteiger partial charge in [0, 0.05) is 46.1 Å². The van der Waals surface area contributed by atoms with Gasteiger partial charge in [0.2, 0.25) is 10.0 Å². The molecule has 1 aromatic rings. The van der Waals surface area contributed by atoms with Gasteiger partial charge in [-0.25, -0.2) is 18.1 Å². The molecular formula is C11H16BrN3O3S2. The molecule has 20 heavy (non-hydrogen) atoms. The Balaban J connectivity index is 2.22. The van der Waals surface area contributed by atoms with E-state index in [1.165, 1.54) is 12.3 Å². The average Bonchev–Trinajstić information content (AvgIpc) is 2.41. The third kappa shape index (κ3) is 3.78. The van der Waals surface area contributed by atoms with Crippen molar-refractivity contribution in [2.75, 3.05) is 23.9 Å². The highest BCUT2D eigenvalue weighted by molar-refractivity contribution is 9.10. The molecule has 6 nitrogen and oxygen atoms in total. The summed E-state index contributed by atoms with van der Waals surface area (Å²) in [6.45, 7) is 0. The van der Waals surface area contributed by atoms with E-state index in [0.717, 1.165) is 0 Å². The van der Waals surface area contributed by atoms with Gasteiger partial charge in [0.25, 0.3) is 0 Å². The molecule has 0 aromatic carbocycles. The molecule has 1 saturated heterocycles. The summed E-state index contributed by atoms with van der Waals surface area (Å²) in [5.74, 6) is 1.39. The minimum Gasteiger partial charge on any atom is -0.372 e. The standard InChI is InChI=1S/C11H16BrN3O3S2/c1-13-11-10(6-8(12)7-14-11)20(17,18)15-9-2-4-19(16)5-3-9/h6-7,9,15H,2-5H2,1H3,(H,13,14). The zero-order valence-corrected chi connectivity index (χ0v) is 14.1. The molecular weight excluding hydrogens is 366 g/mol. The normalized spacial score (nSPS) is 23.5. The number of pyridine rings is 1. The van der Waals surface area contributed by atoms with E-state index in [4.69, 9.17) is 0 Å². The van der Waals surface area contributed by atoms with Gasteiger partial charge in [0.05, 0.1) is 0 Å². The molecule has 1 aromatic heterocycles. The van der Waals surface area contributed by atoms with Crippen LogP contribution in [0.5, 0.6) is 0 Å². The predicted molar refractivity (Wildman–Crippen MR) is 82.7 cm³/mol. The molecule has 0 bridgehead atoms.